The van der Waals surface area contributed by atoms with E-state index in [0.29, 0.717) is 45.5 Å². The Balaban J connectivity index is 2.46. The zero-order valence-electron chi connectivity index (χ0n) is 12.2. The standard InChI is InChI=1S/C12H22N4O4/c1-4-13-10-14-11(19-5-2)16-12(15-10)20-9-8-18-7-6-17-3/h4-9H2,1-3H3,(H,13,14,15,16). The number of ether oxygens (including phenoxy) is 4. The number of hydrogen-bond acceptors (Lipinski definition) is 8. The predicted octanol–water partition coefficient (Wildman–Crippen LogP) is 0.744. The number of methoxy groups -OCH3 is 1. The quantitative estimate of drug-likeness (QED) is 0.596. The van der Waals surface area contributed by atoms with E-state index in [1.807, 2.05) is 13.8 Å². The average Bonchev–Trinajstić information content (AvgIpc) is 2.43. The van der Waals surface area contributed by atoms with Crippen molar-refractivity contribution in [3.8, 4) is 12.0 Å². The van der Waals surface area contributed by atoms with Crippen LogP contribution in [0.1, 0.15) is 13.8 Å². The molecule has 0 aromatic carbocycles. The van der Waals surface area contributed by atoms with E-state index in [1.165, 1.54) is 0 Å². The molecule has 0 unspecified atom stereocenters. The zero-order valence-corrected chi connectivity index (χ0v) is 12.2. The van der Waals surface area contributed by atoms with Crippen molar-refractivity contribution in [1.82, 2.24) is 15.0 Å². The van der Waals surface area contributed by atoms with Crippen molar-refractivity contribution < 1.29 is 18.9 Å². The fraction of sp³-hybridized carbons (Fsp3) is 0.750. The lowest BCUT2D eigenvalue weighted by Crippen LogP contribution is -2.13. The van der Waals surface area contributed by atoms with Crippen LogP contribution >= 0.6 is 0 Å². The van der Waals surface area contributed by atoms with Crippen LogP contribution in [-0.4, -0.2) is 61.6 Å². The molecule has 0 aliphatic rings. The van der Waals surface area contributed by atoms with E-state index in [1.54, 1.807) is 7.11 Å². The Kier molecular flexibility index (Phi) is 8.32. The summed E-state index contributed by atoms with van der Waals surface area (Å²) in [5.74, 6) is 0.432. The maximum absolute atomic E-state index is 5.41. The maximum atomic E-state index is 5.41. The summed E-state index contributed by atoms with van der Waals surface area (Å²) in [5, 5.41) is 3.00. The van der Waals surface area contributed by atoms with Crippen molar-refractivity contribution in [3.63, 3.8) is 0 Å². The molecule has 1 heterocycles. The molecule has 0 saturated heterocycles. The summed E-state index contributed by atoms with van der Waals surface area (Å²) < 4.78 is 20.8. The highest BCUT2D eigenvalue weighted by Crippen LogP contribution is 2.12. The van der Waals surface area contributed by atoms with Gasteiger partial charge in [0.05, 0.1) is 26.4 Å². The fourth-order valence-electron chi connectivity index (χ4n) is 1.27. The fourth-order valence-corrected chi connectivity index (χ4v) is 1.27. The van der Waals surface area contributed by atoms with Gasteiger partial charge >= 0.3 is 12.0 Å². The van der Waals surface area contributed by atoms with Gasteiger partial charge in [-0.15, -0.1) is 4.98 Å². The van der Waals surface area contributed by atoms with Gasteiger partial charge in [-0.05, 0) is 13.8 Å². The molecule has 0 aliphatic heterocycles. The lowest BCUT2D eigenvalue weighted by atomic mass is 10.7. The molecule has 20 heavy (non-hydrogen) atoms. The monoisotopic (exact) mass is 286 g/mol. The van der Waals surface area contributed by atoms with Gasteiger partial charge in [0.1, 0.15) is 6.61 Å². The number of rotatable bonds is 11. The summed E-state index contributed by atoms with van der Waals surface area (Å²) in [6, 6.07) is 0.462. The van der Waals surface area contributed by atoms with Crippen LogP contribution in [0.3, 0.4) is 0 Å². The summed E-state index contributed by atoms with van der Waals surface area (Å²) in [6.07, 6.45) is 0. The molecule has 0 radical (unpaired) electrons. The Morgan fingerprint density at radius 1 is 0.900 bits per heavy atom. The normalized spacial score (nSPS) is 10.3. The van der Waals surface area contributed by atoms with Gasteiger partial charge in [0.2, 0.25) is 5.95 Å². The van der Waals surface area contributed by atoms with E-state index < -0.39 is 0 Å². The minimum absolute atomic E-state index is 0.217. The molecule has 1 aromatic rings. The van der Waals surface area contributed by atoms with Gasteiger partial charge in [0.15, 0.2) is 0 Å². The molecule has 0 atom stereocenters. The second-order valence-corrected chi connectivity index (χ2v) is 3.64. The topological polar surface area (TPSA) is 87.6 Å². The van der Waals surface area contributed by atoms with Gasteiger partial charge < -0.3 is 24.3 Å². The Labute approximate surface area is 118 Å². The summed E-state index contributed by atoms with van der Waals surface area (Å²) >= 11 is 0. The van der Waals surface area contributed by atoms with Gasteiger partial charge in [-0.3, -0.25) is 0 Å². The van der Waals surface area contributed by atoms with Crippen LogP contribution in [0.25, 0.3) is 0 Å². The van der Waals surface area contributed by atoms with E-state index in [2.05, 4.69) is 20.3 Å². The Bertz CT molecular complexity index is 354. The highest BCUT2D eigenvalue weighted by Gasteiger charge is 2.07. The Morgan fingerprint density at radius 2 is 1.60 bits per heavy atom. The molecule has 8 nitrogen and oxygen atoms in total. The first kappa shape index (κ1) is 16.4. The van der Waals surface area contributed by atoms with Crippen LogP contribution < -0.4 is 14.8 Å². The molecule has 0 saturated carbocycles. The highest BCUT2D eigenvalue weighted by molar-refractivity contribution is 5.27. The van der Waals surface area contributed by atoms with Crippen molar-refractivity contribution in [2.75, 3.05) is 52.0 Å². The van der Waals surface area contributed by atoms with Crippen molar-refractivity contribution in [2.24, 2.45) is 0 Å². The minimum atomic E-state index is 0.217. The van der Waals surface area contributed by atoms with E-state index >= 15 is 0 Å². The number of anilines is 1. The van der Waals surface area contributed by atoms with Crippen LogP contribution in [0.15, 0.2) is 0 Å². The van der Waals surface area contributed by atoms with Gasteiger partial charge in [-0.1, -0.05) is 0 Å². The van der Waals surface area contributed by atoms with Crippen molar-refractivity contribution in [3.05, 3.63) is 0 Å². The highest BCUT2D eigenvalue weighted by atomic mass is 16.5. The first-order valence-electron chi connectivity index (χ1n) is 6.62. The molecule has 0 aliphatic carbocycles. The predicted molar refractivity (Wildman–Crippen MR) is 73.3 cm³/mol. The van der Waals surface area contributed by atoms with Gasteiger partial charge in [-0.25, -0.2) is 0 Å². The molecular formula is C12H22N4O4. The molecule has 1 aromatic heterocycles. The third-order valence-corrected chi connectivity index (χ3v) is 2.09. The largest absolute Gasteiger partial charge is 0.464 e. The maximum Gasteiger partial charge on any atom is 0.324 e. The van der Waals surface area contributed by atoms with Gasteiger partial charge in [0, 0.05) is 13.7 Å². The Morgan fingerprint density at radius 3 is 2.25 bits per heavy atom. The number of hydrogen-bond donors (Lipinski definition) is 1. The van der Waals surface area contributed by atoms with Crippen LogP contribution in [0.5, 0.6) is 12.0 Å². The number of aromatic nitrogens is 3. The van der Waals surface area contributed by atoms with Crippen LogP contribution in [0.2, 0.25) is 0 Å². The van der Waals surface area contributed by atoms with Crippen LogP contribution in [-0.2, 0) is 9.47 Å². The van der Waals surface area contributed by atoms with Crippen molar-refractivity contribution >= 4 is 5.95 Å². The lowest BCUT2D eigenvalue weighted by Gasteiger charge is -2.09. The number of nitrogens with one attached hydrogen (secondary N) is 1. The molecule has 0 spiro atoms. The smallest absolute Gasteiger partial charge is 0.324 e. The average molecular weight is 286 g/mol. The summed E-state index contributed by atoms with van der Waals surface area (Å²) in [6.45, 7) is 6.88. The first-order valence-corrected chi connectivity index (χ1v) is 6.62. The first-order chi connectivity index (χ1) is 9.80. The summed E-state index contributed by atoms with van der Waals surface area (Å²) in [5.41, 5.74) is 0. The molecule has 0 bridgehead atoms. The molecule has 1 rings (SSSR count). The third kappa shape index (κ3) is 6.48. The SMILES string of the molecule is CCNc1nc(OCC)nc(OCCOCCOC)n1. The van der Waals surface area contributed by atoms with Crippen LogP contribution in [0, 0.1) is 0 Å². The molecule has 8 heteroatoms. The van der Waals surface area contributed by atoms with E-state index in [9.17, 15) is 0 Å². The molecule has 0 fully saturated rings. The Hall–Kier alpha value is -1.67. The molecular weight excluding hydrogens is 264 g/mol. The summed E-state index contributed by atoms with van der Waals surface area (Å²) in [7, 11) is 1.63. The zero-order chi connectivity index (χ0) is 14.6. The van der Waals surface area contributed by atoms with Crippen molar-refractivity contribution in [2.45, 2.75) is 13.8 Å². The van der Waals surface area contributed by atoms with E-state index in [0.717, 1.165) is 0 Å². The lowest BCUT2D eigenvalue weighted by molar-refractivity contribution is 0.0526. The second kappa shape index (κ2) is 10.2. The summed E-state index contributed by atoms with van der Waals surface area (Å²) in [4.78, 5) is 12.3. The second-order valence-electron chi connectivity index (χ2n) is 3.64. The van der Waals surface area contributed by atoms with Gasteiger partial charge in [0.25, 0.3) is 0 Å². The number of nitrogens with zero attached hydrogens (tertiary/aromatic N) is 3. The van der Waals surface area contributed by atoms with E-state index in [-0.39, 0.29) is 12.0 Å². The van der Waals surface area contributed by atoms with E-state index in [4.69, 9.17) is 18.9 Å². The molecule has 114 valence electrons. The van der Waals surface area contributed by atoms with Crippen LogP contribution in [0.4, 0.5) is 5.95 Å². The molecule has 1 N–H and O–H groups in total. The third-order valence-electron chi connectivity index (χ3n) is 2.09. The van der Waals surface area contributed by atoms with Crippen molar-refractivity contribution in [1.29, 1.82) is 0 Å². The van der Waals surface area contributed by atoms with Gasteiger partial charge in [-0.2, -0.15) is 9.97 Å². The minimum Gasteiger partial charge on any atom is -0.464 e. The molecule has 0 amide bonds.